The minimum absolute atomic E-state index is 0.0514. The Labute approximate surface area is 84.2 Å². The molecule has 7 heteroatoms. The van der Waals surface area contributed by atoms with E-state index < -0.39 is 23.7 Å². The van der Waals surface area contributed by atoms with Gasteiger partial charge in [-0.2, -0.15) is 4.39 Å². The number of halogens is 5. The van der Waals surface area contributed by atoms with Crippen LogP contribution >= 0.6 is 15.9 Å². The van der Waals surface area contributed by atoms with Crippen molar-refractivity contribution in [1.29, 1.82) is 0 Å². The summed E-state index contributed by atoms with van der Waals surface area (Å²) in [4.78, 5) is 0. The lowest BCUT2D eigenvalue weighted by Crippen LogP contribution is -2.17. The van der Waals surface area contributed by atoms with E-state index in [-0.39, 0.29) is 4.47 Å². The standard InChI is InChI=1S/C7H3BrF4O2/c8-3-1-2-4(5(9)6(3)13)14-7(10,11)12/h1-2,13H. The lowest BCUT2D eigenvalue weighted by atomic mass is 10.3. The largest absolute Gasteiger partial charge is 0.573 e. The molecule has 0 unspecified atom stereocenters. The fourth-order valence-electron chi connectivity index (χ4n) is 0.726. The van der Waals surface area contributed by atoms with Gasteiger partial charge in [0.05, 0.1) is 4.47 Å². The number of rotatable bonds is 1. The van der Waals surface area contributed by atoms with Gasteiger partial charge in [0.15, 0.2) is 11.5 Å². The van der Waals surface area contributed by atoms with Crippen LogP contribution in [0.2, 0.25) is 0 Å². The molecule has 0 radical (unpaired) electrons. The third-order valence-electron chi connectivity index (χ3n) is 1.26. The number of aromatic hydroxyl groups is 1. The van der Waals surface area contributed by atoms with E-state index in [1.807, 2.05) is 0 Å². The quantitative estimate of drug-likeness (QED) is 0.797. The van der Waals surface area contributed by atoms with Gasteiger partial charge in [-0.15, -0.1) is 13.2 Å². The highest BCUT2D eigenvalue weighted by molar-refractivity contribution is 9.10. The molecule has 0 fully saturated rings. The Hall–Kier alpha value is -0.980. The van der Waals surface area contributed by atoms with Gasteiger partial charge < -0.3 is 9.84 Å². The van der Waals surface area contributed by atoms with E-state index >= 15 is 0 Å². The number of phenolic OH excluding ortho intramolecular Hbond substituents is 1. The van der Waals surface area contributed by atoms with E-state index in [0.29, 0.717) is 0 Å². The number of alkyl halides is 3. The monoisotopic (exact) mass is 274 g/mol. The zero-order valence-corrected chi connectivity index (χ0v) is 7.99. The van der Waals surface area contributed by atoms with Gasteiger partial charge >= 0.3 is 6.36 Å². The lowest BCUT2D eigenvalue weighted by molar-refractivity contribution is -0.275. The van der Waals surface area contributed by atoms with Gasteiger partial charge in [-0.25, -0.2) is 0 Å². The molecule has 1 aromatic rings. The Morgan fingerprint density at radius 1 is 1.29 bits per heavy atom. The van der Waals surface area contributed by atoms with Crippen molar-refractivity contribution < 1.29 is 27.4 Å². The van der Waals surface area contributed by atoms with Crippen LogP contribution in [0.25, 0.3) is 0 Å². The van der Waals surface area contributed by atoms with E-state index in [4.69, 9.17) is 5.11 Å². The fraction of sp³-hybridized carbons (Fsp3) is 0.143. The summed E-state index contributed by atoms with van der Waals surface area (Å²) in [6.07, 6.45) is -4.99. The summed E-state index contributed by atoms with van der Waals surface area (Å²) < 4.78 is 51.2. The second-order valence-corrected chi connectivity index (χ2v) is 3.11. The van der Waals surface area contributed by atoms with Crippen molar-refractivity contribution in [1.82, 2.24) is 0 Å². The molecule has 1 rings (SSSR count). The van der Waals surface area contributed by atoms with Crippen LogP contribution in [0.1, 0.15) is 0 Å². The molecular formula is C7H3BrF4O2. The number of hydrogen-bond acceptors (Lipinski definition) is 2. The van der Waals surface area contributed by atoms with Crippen LogP contribution < -0.4 is 4.74 Å². The van der Waals surface area contributed by atoms with Crippen molar-refractivity contribution in [3.8, 4) is 11.5 Å². The molecule has 0 atom stereocenters. The van der Waals surface area contributed by atoms with Crippen LogP contribution in [0.15, 0.2) is 16.6 Å². The van der Waals surface area contributed by atoms with Crippen LogP contribution in [0.4, 0.5) is 17.6 Å². The highest BCUT2D eigenvalue weighted by atomic mass is 79.9. The van der Waals surface area contributed by atoms with Crippen LogP contribution in [0, 0.1) is 5.82 Å². The number of phenols is 1. The first-order valence-corrected chi connectivity index (χ1v) is 4.03. The molecule has 0 aliphatic rings. The molecule has 0 amide bonds. The van der Waals surface area contributed by atoms with Gasteiger partial charge in [0.2, 0.25) is 5.82 Å². The normalized spacial score (nSPS) is 11.5. The maximum Gasteiger partial charge on any atom is 0.573 e. The molecule has 14 heavy (non-hydrogen) atoms. The van der Waals surface area contributed by atoms with Crippen LogP contribution in [0.3, 0.4) is 0 Å². The average molecular weight is 275 g/mol. The van der Waals surface area contributed by atoms with E-state index in [0.717, 1.165) is 12.1 Å². The molecular weight excluding hydrogens is 272 g/mol. The summed E-state index contributed by atoms with van der Waals surface area (Å²) >= 11 is 2.73. The Bertz CT molecular complexity index is 350. The molecule has 0 aromatic heterocycles. The number of benzene rings is 1. The van der Waals surface area contributed by atoms with E-state index in [2.05, 4.69) is 20.7 Å². The summed E-state index contributed by atoms with van der Waals surface area (Å²) in [7, 11) is 0. The molecule has 0 saturated carbocycles. The molecule has 0 heterocycles. The number of ether oxygens (including phenoxy) is 1. The molecule has 0 aliphatic carbocycles. The van der Waals surface area contributed by atoms with Gasteiger partial charge in [0.25, 0.3) is 0 Å². The summed E-state index contributed by atoms with van der Waals surface area (Å²) in [6.45, 7) is 0. The maximum absolute atomic E-state index is 12.9. The lowest BCUT2D eigenvalue weighted by Gasteiger charge is -2.10. The molecule has 1 N–H and O–H groups in total. The van der Waals surface area contributed by atoms with Crippen molar-refractivity contribution in [2.24, 2.45) is 0 Å². The third kappa shape index (κ3) is 2.50. The van der Waals surface area contributed by atoms with Crippen molar-refractivity contribution >= 4 is 15.9 Å². The second-order valence-electron chi connectivity index (χ2n) is 2.26. The first-order valence-electron chi connectivity index (χ1n) is 3.24. The van der Waals surface area contributed by atoms with Crippen molar-refractivity contribution in [3.63, 3.8) is 0 Å². The fourth-order valence-corrected chi connectivity index (χ4v) is 1.03. The van der Waals surface area contributed by atoms with E-state index in [1.165, 1.54) is 0 Å². The first-order chi connectivity index (χ1) is 6.31. The Balaban J connectivity index is 3.06. The SMILES string of the molecule is Oc1c(Br)ccc(OC(F)(F)F)c1F. The summed E-state index contributed by atoms with van der Waals surface area (Å²) in [6, 6.07) is 1.80. The summed E-state index contributed by atoms with van der Waals surface area (Å²) in [5, 5.41) is 8.91. The summed E-state index contributed by atoms with van der Waals surface area (Å²) in [5.74, 6) is -3.46. The maximum atomic E-state index is 12.9. The summed E-state index contributed by atoms with van der Waals surface area (Å²) in [5.41, 5.74) is 0. The van der Waals surface area contributed by atoms with Crippen LogP contribution in [-0.2, 0) is 0 Å². The van der Waals surface area contributed by atoms with E-state index in [9.17, 15) is 17.6 Å². The van der Waals surface area contributed by atoms with Crippen molar-refractivity contribution in [2.75, 3.05) is 0 Å². The van der Waals surface area contributed by atoms with Gasteiger partial charge in [-0.1, -0.05) is 0 Å². The van der Waals surface area contributed by atoms with Crippen LogP contribution in [-0.4, -0.2) is 11.5 Å². The minimum atomic E-state index is -4.99. The molecule has 0 aliphatic heterocycles. The minimum Gasteiger partial charge on any atom is -0.504 e. The third-order valence-corrected chi connectivity index (χ3v) is 1.90. The van der Waals surface area contributed by atoms with Gasteiger partial charge in [-0.05, 0) is 28.1 Å². The van der Waals surface area contributed by atoms with Gasteiger partial charge in [0, 0.05) is 0 Å². The first kappa shape index (κ1) is 11.1. The van der Waals surface area contributed by atoms with Crippen LogP contribution in [0.5, 0.6) is 11.5 Å². The predicted molar refractivity (Wildman–Crippen MR) is 42.4 cm³/mol. The van der Waals surface area contributed by atoms with Crippen molar-refractivity contribution in [2.45, 2.75) is 6.36 Å². The molecule has 1 aromatic carbocycles. The topological polar surface area (TPSA) is 29.5 Å². The van der Waals surface area contributed by atoms with Gasteiger partial charge in [-0.3, -0.25) is 0 Å². The predicted octanol–water partition coefficient (Wildman–Crippen LogP) is 3.19. The number of hydrogen-bond donors (Lipinski definition) is 1. The Morgan fingerprint density at radius 2 is 1.86 bits per heavy atom. The second kappa shape index (κ2) is 3.64. The molecule has 0 bridgehead atoms. The molecule has 78 valence electrons. The Kier molecular flexibility index (Phi) is 2.89. The van der Waals surface area contributed by atoms with Gasteiger partial charge in [0.1, 0.15) is 0 Å². The highest BCUT2D eigenvalue weighted by Crippen LogP contribution is 2.35. The average Bonchev–Trinajstić information content (AvgIpc) is 2.04. The zero-order valence-electron chi connectivity index (χ0n) is 6.40. The Morgan fingerprint density at radius 3 is 2.36 bits per heavy atom. The zero-order chi connectivity index (χ0) is 10.9. The van der Waals surface area contributed by atoms with E-state index in [1.54, 1.807) is 0 Å². The molecule has 2 nitrogen and oxygen atoms in total. The highest BCUT2D eigenvalue weighted by Gasteiger charge is 2.33. The molecule has 0 saturated heterocycles. The van der Waals surface area contributed by atoms with Crippen molar-refractivity contribution in [3.05, 3.63) is 22.4 Å². The molecule has 0 spiro atoms. The smallest absolute Gasteiger partial charge is 0.504 e.